The van der Waals surface area contributed by atoms with E-state index in [2.05, 4.69) is 5.32 Å². The van der Waals surface area contributed by atoms with E-state index in [1.54, 1.807) is 32.0 Å². The van der Waals surface area contributed by atoms with Gasteiger partial charge in [-0.3, -0.25) is 10.1 Å². The fraction of sp³-hybridized carbons (Fsp3) is 0.571. The zero-order chi connectivity index (χ0) is 14.7. The third-order valence-electron chi connectivity index (χ3n) is 3.68. The number of nitrogens with one attached hydrogen (secondary N) is 1. The molecule has 0 amide bonds. The summed E-state index contributed by atoms with van der Waals surface area (Å²) >= 11 is 0. The van der Waals surface area contributed by atoms with Crippen LogP contribution in [0.5, 0.6) is 0 Å². The first-order valence-corrected chi connectivity index (χ1v) is 6.35. The molecule has 0 unspecified atom stereocenters. The zero-order valence-electron chi connectivity index (χ0n) is 11.9. The Labute approximate surface area is 113 Å². The van der Waals surface area contributed by atoms with Crippen molar-refractivity contribution in [3.05, 3.63) is 39.9 Å². The Morgan fingerprint density at radius 3 is 2.37 bits per heavy atom. The molecule has 1 aromatic rings. The highest BCUT2D eigenvalue weighted by Gasteiger charge is 2.34. The fourth-order valence-corrected chi connectivity index (χ4v) is 1.63. The normalized spacial score (nSPS) is 12.5. The van der Waals surface area contributed by atoms with E-state index in [9.17, 15) is 15.2 Å². The molecular formula is C14H22N2O3. The predicted octanol–water partition coefficient (Wildman–Crippen LogP) is 2.28. The van der Waals surface area contributed by atoms with E-state index in [1.165, 1.54) is 6.07 Å². The Bertz CT molecular complexity index is 450. The van der Waals surface area contributed by atoms with E-state index in [-0.39, 0.29) is 10.6 Å². The van der Waals surface area contributed by atoms with Gasteiger partial charge in [-0.25, -0.2) is 0 Å². The maximum atomic E-state index is 10.9. The van der Waals surface area contributed by atoms with Crippen LogP contribution < -0.4 is 5.32 Å². The highest BCUT2D eigenvalue weighted by Crippen LogP contribution is 2.21. The SMILES string of the molecule is CC(C)(O)C(C)(C)NCCc1ccccc1[N+](=O)[O-]. The quantitative estimate of drug-likeness (QED) is 0.612. The highest BCUT2D eigenvalue weighted by molar-refractivity contribution is 5.39. The Kier molecular flexibility index (Phi) is 4.66. The Hall–Kier alpha value is -1.46. The molecule has 2 N–H and O–H groups in total. The molecule has 0 fully saturated rings. The molecule has 106 valence electrons. The number of benzene rings is 1. The maximum Gasteiger partial charge on any atom is 0.272 e. The molecule has 1 aromatic carbocycles. The Morgan fingerprint density at radius 2 is 1.84 bits per heavy atom. The zero-order valence-corrected chi connectivity index (χ0v) is 11.9. The van der Waals surface area contributed by atoms with Crippen LogP contribution in [0.25, 0.3) is 0 Å². The van der Waals surface area contributed by atoms with Crippen LogP contribution in [-0.2, 0) is 6.42 Å². The molecule has 0 saturated carbocycles. The summed E-state index contributed by atoms with van der Waals surface area (Å²) in [7, 11) is 0. The molecule has 0 saturated heterocycles. The Balaban J connectivity index is 2.67. The van der Waals surface area contributed by atoms with E-state index in [0.717, 1.165) is 0 Å². The van der Waals surface area contributed by atoms with E-state index >= 15 is 0 Å². The van der Waals surface area contributed by atoms with Gasteiger partial charge in [0, 0.05) is 23.7 Å². The number of rotatable bonds is 6. The van der Waals surface area contributed by atoms with E-state index in [1.807, 2.05) is 13.8 Å². The van der Waals surface area contributed by atoms with Crippen molar-refractivity contribution in [2.75, 3.05) is 6.54 Å². The summed E-state index contributed by atoms with van der Waals surface area (Å²) in [5.74, 6) is 0. The number of hydrogen-bond donors (Lipinski definition) is 2. The molecule has 0 heterocycles. The van der Waals surface area contributed by atoms with Gasteiger partial charge in [-0.1, -0.05) is 18.2 Å². The number of nitro benzene ring substituents is 1. The minimum Gasteiger partial charge on any atom is -0.389 e. The van der Waals surface area contributed by atoms with Crippen molar-refractivity contribution in [3.8, 4) is 0 Å². The smallest absolute Gasteiger partial charge is 0.272 e. The highest BCUT2D eigenvalue weighted by atomic mass is 16.6. The van der Waals surface area contributed by atoms with E-state index in [4.69, 9.17) is 0 Å². The number of nitrogens with zero attached hydrogens (tertiary/aromatic N) is 1. The van der Waals surface area contributed by atoms with Gasteiger partial charge in [0.2, 0.25) is 0 Å². The van der Waals surface area contributed by atoms with Gasteiger partial charge < -0.3 is 10.4 Å². The molecular weight excluding hydrogens is 244 g/mol. The molecule has 0 spiro atoms. The van der Waals surface area contributed by atoms with Crippen LogP contribution in [0.4, 0.5) is 5.69 Å². The summed E-state index contributed by atoms with van der Waals surface area (Å²) in [4.78, 5) is 10.5. The minimum absolute atomic E-state index is 0.144. The lowest BCUT2D eigenvalue weighted by molar-refractivity contribution is -0.385. The summed E-state index contributed by atoms with van der Waals surface area (Å²) in [6.07, 6.45) is 0.552. The van der Waals surface area contributed by atoms with Crippen LogP contribution in [0.15, 0.2) is 24.3 Å². The van der Waals surface area contributed by atoms with Crippen molar-refractivity contribution in [2.45, 2.75) is 45.3 Å². The molecule has 5 nitrogen and oxygen atoms in total. The second-order valence-electron chi connectivity index (χ2n) is 5.75. The number of aliphatic hydroxyl groups is 1. The molecule has 0 aliphatic rings. The number of para-hydroxylation sites is 1. The number of nitro groups is 1. The number of hydrogen-bond acceptors (Lipinski definition) is 4. The van der Waals surface area contributed by atoms with Gasteiger partial charge in [-0.05, 0) is 34.1 Å². The molecule has 19 heavy (non-hydrogen) atoms. The van der Waals surface area contributed by atoms with Crippen molar-refractivity contribution in [2.24, 2.45) is 0 Å². The fourth-order valence-electron chi connectivity index (χ4n) is 1.63. The molecule has 0 atom stereocenters. The van der Waals surface area contributed by atoms with Crippen LogP contribution in [0.2, 0.25) is 0 Å². The third-order valence-corrected chi connectivity index (χ3v) is 3.68. The van der Waals surface area contributed by atoms with Crippen molar-refractivity contribution >= 4 is 5.69 Å². The van der Waals surface area contributed by atoms with Gasteiger partial charge in [-0.15, -0.1) is 0 Å². The van der Waals surface area contributed by atoms with Crippen LogP contribution in [0, 0.1) is 10.1 Å². The minimum atomic E-state index is -0.865. The molecule has 5 heteroatoms. The van der Waals surface area contributed by atoms with Crippen LogP contribution in [-0.4, -0.2) is 27.7 Å². The second-order valence-corrected chi connectivity index (χ2v) is 5.75. The lowest BCUT2D eigenvalue weighted by Crippen LogP contribution is -2.56. The van der Waals surface area contributed by atoms with Gasteiger partial charge in [0.15, 0.2) is 0 Å². The van der Waals surface area contributed by atoms with Gasteiger partial charge in [-0.2, -0.15) is 0 Å². The maximum absolute atomic E-state index is 10.9. The summed E-state index contributed by atoms with van der Waals surface area (Å²) in [6.45, 7) is 7.87. The first-order chi connectivity index (χ1) is 8.65. The first kappa shape index (κ1) is 15.6. The van der Waals surface area contributed by atoms with Crippen molar-refractivity contribution in [3.63, 3.8) is 0 Å². The van der Waals surface area contributed by atoms with Gasteiger partial charge in [0.05, 0.1) is 10.5 Å². The van der Waals surface area contributed by atoms with Crippen LogP contribution >= 0.6 is 0 Å². The van der Waals surface area contributed by atoms with Crippen molar-refractivity contribution < 1.29 is 10.0 Å². The molecule has 0 bridgehead atoms. The lowest BCUT2D eigenvalue weighted by Gasteiger charge is -2.38. The van der Waals surface area contributed by atoms with Gasteiger partial charge in [0.25, 0.3) is 5.69 Å². The molecule has 1 rings (SSSR count). The van der Waals surface area contributed by atoms with Crippen molar-refractivity contribution in [1.82, 2.24) is 5.32 Å². The monoisotopic (exact) mass is 266 g/mol. The lowest BCUT2D eigenvalue weighted by atomic mass is 9.86. The average Bonchev–Trinajstić information content (AvgIpc) is 2.27. The molecule has 0 aromatic heterocycles. The molecule has 0 aliphatic heterocycles. The Morgan fingerprint density at radius 1 is 1.26 bits per heavy atom. The van der Waals surface area contributed by atoms with Gasteiger partial charge >= 0.3 is 0 Å². The summed E-state index contributed by atoms with van der Waals surface area (Å²) in [5.41, 5.74) is -0.483. The van der Waals surface area contributed by atoms with Crippen LogP contribution in [0.3, 0.4) is 0 Å². The van der Waals surface area contributed by atoms with Gasteiger partial charge in [0.1, 0.15) is 0 Å². The van der Waals surface area contributed by atoms with E-state index in [0.29, 0.717) is 18.5 Å². The topological polar surface area (TPSA) is 75.4 Å². The average molecular weight is 266 g/mol. The van der Waals surface area contributed by atoms with Crippen molar-refractivity contribution in [1.29, 1.82) is 0 Å². The predicted molar refractivity (Wildman–Crippen MR) is 75.2 cm³/mol. The summed E-state index contributed by atoms with van der Waals surface area (Å²) < 4.78 is 0. The van der Waals surface area contributed by atoms with Crippen LogP contribution in [0.1, 0.15) is 33.3 Å². The first-order valence-electron chi connectivity index (χ1n) is 6.35. The third kappa shape index (κ3) is 4.01. The largest absolute Gasteiger partial charge is 0.389 e. The standard InChI is InChI=1S/C14H22N2O3/c1-13(2,14(3,4)17)15-10-9-11-7-5-6-8-12(11)16(18)19/h5-8,15,17H,9-10H2,1-4H3. The van der Waals surface area contributed by atoms with E-state index < -0.39 is 11.1 Å². The molecule has 0 aliphatic carbocycles. The summed E-state index contributed by atoms with van der Waals surface area (Å²) in [5, 5.41) is 24.1. The summed E-state index contributed by atoms with van der Waals surface area (Å²) in [6, 6.07) is 6.73. The molecule has 0 radical (unpaired) electrons. The second kappa shape index (κ2) is 5.67.